The summed E-state index contributed by atoms with van der Waals surface area (Å²) in [4.78, 5) is 10.0. The van der Waals surface area contributed by atoms with Crippen molar-refractivity contribution in [1.29, 1.82) is 0 Å². The van der Waals surface area contributed by atoms with Gasteiger partial charge >= 0.3 is 6.09 Å². The van der Waals surface area contributed by atoms with Gasteiger partial charge in [0.15, 0.2) is 0 Å². The maximum atomic E-state index is 10.0. The molecule has 9 heavy (non-hydrogen) atoms. The summed E-state index contributed by atoms with van der Waals surface area (Å²) in [5.41, 5.74) is 4.69. The van der Waals surface area contributed by atoms with Crippen molar-refractivity contribution in [3.63, 3.8) is 0 Å². The van der Waals surface area contributed by atoms with Gasteiger partial charge in [-0.15, -0.1) is 0 Å². The van der Waals surface area contributed by atoms with Gasteiger partial charge in [0, 0.05) is 6.54 Å². The lowest BCUT2D eigenvalue weighted by atomic mass is 10.7. The van der Waals surface area contributed by atoms with Crippen molar-refractivity contribution in [2.45, 2.75) is 6.41 Å². The molecule has 5 heteroatoms. The zero-order chi connectivity index (χ0) is 6.69. The average molecular weight is 132 g/mol. The van der Waals surface area contributed by atoms with E-state index in [9.17, 15) is 4.79 Å². The number of carbonyl (C=O) groups is 1. The molecule has 0 saturated carbocycles. The summed E-state index contributed by atoms with van der Waals surface area (Å²) in [6.07, 6.45) is -1.46. The minimum atomic E-state index is -0.825. The summed E-state index contributed by atoms with van der Waals surface area (Å²) in [6, 6.07) is 0. The van der Waals surface area contributed by atoms with Crippen LogP contribution in [-0.4, -0.2) is 25.7 Å². The Kier molecular flexibility index (Phi) is 1.86. The maximum Gasteiger partial charge on any atom is 0.407 e. The monoisotopic (exact) mass is 132 g/mol. The third kappa shape index (κ3) is 1.87. The van der Waals surface area contributed by atoms with Crippen LogP contribution in [0.5, 0.6) is 0 Å². The zero-order valence-electron chi connectivity index (χ0n) is 4.79. The first-order chi connectivity index (χ1) is 4.29. The second-order valence-corrected chi connectivity index (χ2v) is 1.59. The molecule has 3 N–H and O–H groups in total. The lowest BCUT2D eigenvalue weighted by molar-refractivity contribution is -0.0769. The van der Waals surface area contributed by atoms with E-state index in [4.69, 9.17) is 10.5 Å². The number of hydrogen-bond acceptors (Lipinski definition) is 4. The van der Waals surface area contributed by atoms with Crippen LogP contribution in [0.2, 0.25) is 0 Å². The molecule has 52 valence electrons. The number of amides is 1. The number of primary amides is 1. The molecule has 1 atom stereocenters. The molecule has 0 spiro atoms. The first kappa shape index (κ1) is 6.31. The summed E-state index contributed by atoms with van der Waals surface area (Å²) < 4.78 is 9.25. The minimum absolute atomic E-state index is 0.554. The Morgan fingerprint density at radius 1 is 1.89 bits per heavy atom. The van der Waals surface area contributed by atoms with Crippen molar-refractivity contribution < 1.29 is 14.3 Å². The molecule has 1 heterocycles. The molecular weight excluding hydrogens is 124 g/mol. The Morgan fingerprint density at radius 3 is 3.11 bits per heavy atom. The van der Waals surface area contributed by atoms with Gasteiger partial charge in [0.2, 0.25) is 0 Å². The van der Waals surface area contributed by atoms with E-state index in [1.54, 1.807) is 0 Å². The van der Waals surface area contributed by atoms with Gasteiger partial charge in [0.05, 0.1) is 6.61 Å². The molecule has 0 radical (unpaired) electrons. The molecule has 0 aromatic heterocycles. The van der Waals surface area contributed by atoms with Crippen LogP contribution in [0.3, 0.4) is 0 Å². The van der Waals surface area contributed by atoms with Crippen molar-refractivity contribution in [2.24, 2.45) is 5.73 Å². The van der Waals surface area contributed by atoms with Crippen LogP contribution >= 0.6 is 0 Å². The lowest BCUT2D eigenvalue weighted by Gasteiger charge is -2.07. The molecule has 0 bridgehead atoms. The van der Waals surface area contributed by atoms with Gasteiger partial charge in [-0.05, 0) is 0 Å². The van der Waals surface area contributed by atoms with Gasteiger partial charge in [-0.2, -0.15) is 0 Å². The van der Waals surface area contributed by atoms with E-state index < -0.39 is 12.5 Å². The van der Waals surface area contributed by atoms with E-state index in [0.29, 0.717) is 13.2 Å². The molecule has 1 saturated heterocycles. The van der Waals surface area contributed by atoms with Crippen LogP contribution in [-0.2, 0) is 9.47 Å². The molecule has 1 amide bonds. The number of hydrogen-bond donors (Lipinski definition) is 2. The second-order valence-electron chi connectivity index (χ2n) is 1.59. The Morgan fingerprint density at radius 2 is 2.67 bits per heavy atom. The molecule has 1 rings (SSSR count). The fourth-order valence-corrected chi connectivity index (χ4v) is 0.583. The maximum absolute atomic E-state index is 10.0. The standard InChI is InChI=1S/C4H8N2O3/c5-3(7)9-4-6-1-2-8-4/h4,6H,1-2H2,(H2,5,7). The van der Waals surface area contributed by atoms with Crippen LogP contribution < -0.4 is 11.1 Å². The summed E-state index contributed by atoms with van der Waals surface area (Å²) in [6.45, 7) is 1.25. The molecule has 0 aliphatic carbocycles. The molecule has 1 fully saturated rings. The van der Waals surface area contributed by atoms with Crippen molar-refractivity contribution in [1.82, 2.24) is 5.32 Å². The summed E-state index contributed by atoms with van der Waals surface area (Å²) in [5.74, 6) is 0. The fourth-order valence-electron chi connectivity index (χ4n) is 0.583. The Hall–Kier alpha value is -0.810. The summed E-state index contributed by atoms with van der Waals surface area (Å²) in [5, 5.41) is 2.74. The van der Waals surface area contributed by atoms with Gasteiger partial charge in [-0.1, -0.05) is 0 Å². The highest BCUT2D eigenvalue weighted by molar-refractivity contribution is 5.64. The molecule has 5 nitrogen and oxygen atoms in total. The zero-order valence-corrected chi connectivity index (χ0v) is 4.79. The third-order valence-electron chi connectivity index (χ3n) is 0.905. The quantitative estimate of drug-likeness (QED) is 0.479. The van der Waals surface area contributed by atoms with E-state index in [2.05, 4.69) is 10.1 Å². The van der Waals surface area contributed by atoms with Gasteiger partial charge in [-0.3, -0.25) is 5.32 Å². The number of ether oxygens (including phenoxy) is 2. The van der Waals surface area contributed by atoms with Crippen molar-refractivity contribution in [3.05, 3.63) is 0 Å². The Balaban J connectivity index is 2.19. The van der Waals surface area contributed by atoms with E-state index in [-0.39, 0.29) is 0 Å². The van der Waals surface area contributed by atoms with E-state index in [1.165, 1.54) is 0 Å². The highest BCUT2D eigenvalue weighted by Gasteiger charge is 2.16. The van der Waals surface area contributed by atoms with E-state index in [0.717, 1.165) is 0 Å². The number of nitrogens with two attached hydrogens (primary N) is 1. The van der Waals surface area contributed by atoms with Gasteiger partial charge in [-0.25, -0.2) is 4.79 Å². The lowest BCUT2D eigenvalue weighted by Crippen LogP contribution is -2.31. The minimum Gasteiger partial charge on any atom is -0.406 e. The smallest absolute Gasteiger partial charge is 0.406 e. The second kappa shape index (κ2) is 2.65. The van der Waals surface area contributed by atoms with E-state index >= 15 is 0 Å². The predicted octanol–water partition coefficient (Wildman–Crippen LogP) is -1.01. The third-order valence-corrected chi connectivity index (χ3v) is 0.905. The first-order valence-electron chi connectivity index (χ1n) is 2.60. The number of nitrogens with one attached hydrogen (secondary N) is 1. The van der Waals surface area contributed by atoms with E-state index in [1.807, 2.05) is 0 Å². The number of carbonyl (C=O) groups excluding carboxylic acids is 1. The average Bonchev–Trinajstić information content (AvgIpc) is 2.15. The fraction of sp³-hybridized carbons (Fsp3) is 0.750. The van der Waals surface area contributed by atoms with Crippen molar-refractivity contribution >= 4 is 6.09 Å². The van der Waals surface area contributed by atoms with Crippen LogP contribution in [0.1, 0.15) is 0 Å². The van der Waals surface area contributed by atoms with Crippen LogP contribution in [0.25, 0.3) is 0 Å². The molecule has 0 aromatic carbocycles. The highest BCUT2D eigenvalue weighted by Crippen LogP contribution is 1.95. The van der Waals surface area contributed by atoms with Crippen LogP contribution in [0, 0.1) is 0 Å². The van der Waals surface area contributed by atoms with Crippen LogP contribution in [0.15, 0.2) is 0 Å². The van der Waals surface area contributed by atoms with Gasteiger partial charge in [0.25, 0.3) is 6.41 Å². The Bertz CT molecular complexity index is 110. The normalized spacial score (nSPS) is 26.0. The van der Waals surface area contributed by atoms with Crippen molar-refractivity contribution in [3.8, 4) is 0 Å². The summed E-state index contributed by atoms with van der Waals surface area (Å²) in [7, 11) is 0. The largest absolute Gasteiger partial charge is 0.407 e. The topological polar surface area (TPSA) is 73.6 Å². The molecular formula is C4H8N2O3. The molecule has 1 aliphatic rings. The SMILES string of the molecule is NC(=O)OC1NCCO1. The molecule has 1 aliphatic heterocycles. The highest BCUT2D eigenvalue weighted by atomic mass is 16.7. The Labute approximate surface area is 52.1 Å². The summed E-state index contributed by atoms with van der Waals surface area (Å²) >= 11 is 0. The van der Waals surface area contributed by atoms with Gasteiger partial charge in [0.1, 0.15) is 0 Å². The first-order valence-corrected chi connectivity index (χ1v) is 2.60. The predicted molar refractivity (Wildman–Crippen MR) is 28.4 cm³/mol. The molecule has 1 unspecified atom stereocenters. The number of rotatable bonds is 1. The van der Waals surface area contributed by atoms with Crippen molar-refractivity contribution in [2.75, 3.05) is 13.2 Å². The van der Waals surface area contributed by atoms with Crippen LogP contribution in [0.4, 0.5) is 4.79 Å². The molecule has 0 aromatic rings. The van der Waals surface area contributed by atoms with Gasteiger partial charge < -0.3 is 15.2 Å².